The number of fused-ring (bicyclic) bond motifs is 1. The van der Waals surface area contributed by atoms with Crippen LogP contribution in [0, 0.1) is 0 Å². The van der Waals surface area contributed by atoms with Crippen molar-refractivity contribution in [1.29, 1.82) is 0 Å². The SMILES string of the molecule is CCN(CCNC(=O)OC(C)(C)C)CCNC(=O)c1ccc(-c2ccc3ncccc3c2)cn1. The minimum absolute atomic E-state index is 0.211. The Bertz CT molecular complexity index is 1110. The van der Waals surface area contributed by atoms with E-state index in [4.69, 9.17) is 4.74 Å². The first-order valence-electron chi connectivity index (χ1n) is 11.5. The zero-order valence-corrected chi connectivity index (χ0v) is 20.3. The minimum atomic E-state index is -0.516. The summed E-state index contributed by atoms with van der Waals surface area (Å²) in [4.78, 5) is 35.1. The molecule has 3 aromatic rings. The molecule has 0 fully saturated rings. The Hall–Kier alpha value is -3.52. The molecule has 1 aromatic carbocycles. The first kappa shape index (κ1) is 25.1. The largest absolute Gasteiger partial charge is 0.444 e. The first-order valence-corrected chi connectivity index (χ1v) is 11.5. The summed E-state index contributed by atoms with van der Waals surface area (Å²) in [5.74, 6) is -0.211. The van der Waals surface area contributed by atoms with Crippen molar-refractivity contribution in [2.75, 3.05) is 32.7 Å². The van der Waals surface area contributed by atoms with Crippen molar-refractivity contribution >= 4 is 22.9 Å². The molecule has 0 spiro atoms. The highest BCUT2D eigenvalue weighted by atomic mass is 16.6. The maximum absolute atomic E-state index is 12.5. The zero-order chi connectivity index (χ0) is 24.6. The quantitative estimate of drug-likeness (QED) is 0.500. The Kier molecular flexibility index (Phi) is 8.54. The highest BCUT2D eigenvalue weighted by Gasteiger charge is 2.16. The van der Waals surface area contributed by atoms with Gasteiger partial charge in [0.15, 0.2) is 0 Å². The van der Waals surface area contributed by atoms with E-state index in [0.29, 0.717) is 31.9 Å². The number of pyridine rings is 2. The van der Waals surface area contributed by atoms with Crippen molar-refractivity contribution in [3.8, 4) is 11.1 Å². The molecule has 2 amide bonds. The van der Waals surface area contributed by atoms with Gasteiger partial charge in [0.05, 0.1) is 5.52 Å². The molecule has 0 saturated heterocycles. The number of amides is 2. The highest BCUT2D eigenvalue weighted by molar-refractivity contribution is 5.92. The van der Waals surface area contributed by atoms with Crippen LogP contribution in [0.25, 0.3) is 22.0 Å². The van der Waals surface area contributed by atoms with Crippen LogP contribution in [0.15, 0.2) is 54.9 Å². The monoisotopic (exact) mass is 463 g/mol. The molecule has 2 N–H and O–H groups in total. The summed E-state index contributed by atoms with van der Waals surface area (Å²) in [6.07, 6.45) is 3.07. The Morgan fingerprint density at radius 1 is 0.971 bits per heavy atom. The predicted octanol–water partition coefficient (Wildman–Crippen LogP) is 3.87. The number of rotatable bonds is 9. The number of nitrogens with zero attached hydrogens (tertiary/aromatic N) is 3. The zero-order valence-electron chi connectivity index (χ0n) is 20.3. The second-order valence-corrected chi connectivity index (χ2v) is 8.96. The Morgan fingerprint density at radius 2 is 1.71 bits per heavy atom. The lowest BCUT2D eigenvalue weighted by Crippen LogP contribution is -2.40. The molecule has 180 valence electrons. The molecule has 0 bridgehead atoms. The standard InChI is InChI=1S/C26H33N5O3/c1-5-31(16-14-29-25(33)34-26(2,3)4)15-13-28-24(32)23-11-9-21(18-30-23)19-8-10-22-20(17-19)7-6-12-27-22/h6-12,17-18H,5,13-16H2,1-4H3,(H,28,32)(H,29,33). The molecule has 0 saturated carbocycles. The summed E-state index contributed by atoms with van der Waals surface area (Å²) in [5, 5.41) is 6.73. The van der Waals surface area contributed by atoms with E-state index in [1.807, 2.05) is 58.0 Å². The topological polar surface area (TPSA) is 96.5 Å². The number of hydrogen-bond donors (Lipinski definition) is 2. The molecule has 0 atom stereocenters. The molecule has 0 aliphatic heterocycles. The number of aromatic nitrogens is 2. The Labute approximate surface area is 200 Å². The summed E-state index contributed by atoms with van der Waals surface area (Å²) in [6, 6.07) is 13.6. The van der Waals surface area contributed by atoms with Crippen molar-refractivity contribution < 1.29 is 14.3 Å². The molecular weight excluding hydrogens is 430 g/mol. The van der Waals surface area contributed by atoms with Crippen LogP contribution in [0.1, 0.15) is 38.2 Å². The number of hydrogen-bond acceptors (Lipinski definition) is 6. The molecule has 0 aliphatic rings. The van der Waals surface area contributed by atoms with Gasteiger partial charge in [0.25, 0.3) is 5.91 Å². The minimum Gasteiger partial charge on any atom is -0.444 e. The molecule has 3 rings (SSSR count). The fourth-order valence-corrected chi connectivity index (χ4v) is 3.43. The lowest BCUT2D eigenvalue weighted by Gasteiger charge is -2.22. The van der Waals surface area contributed by atoms with Crippen LogP contribution in [0.3, 0.4) is 0 Å². The van der Waals surface area contributed by atoms with Crippen molar-refractivity contribution in [3.05, 3.63) is 60.6 Å². The van der Waals surface area contributed by atoms with Gasteiger partial charge in [0.1, 0.15) is 11.3 Å². The molecule has 34 heavy (non-hydrogen) atoms. The first-order chi connectivity index (χ1) is 16.2. The van der Waals surface area contributed by atoms with Gasteiger partial charge in [-0.2, -0.15) is 0 Å². The third kappa shape index (κ3) is 7.52. The number of alkyl carbamates (subject to hydrolysis) is 1. The molecule has 0 unspecified atom stereocenters. The van der Waals surface area contributed by atoms with E-state index in [1.54, 1.807) is 18.5 Å². The molecule has 0 aliphatic carbocycles. The predicted molar refractivity (Wildman–Crippen MR) is 134 cm³/mol. The maximum Gasteiger partial charge on any atom is 0.407 e. The van der Waals surface area contributed by atoms with E-state index >= 15 is 0 Å². The lowest BCUT2D eigenvalue weighted by molar-refractivity contribution is 0.0522. The van der Waals surface area contributed by atoms with Crippen LogP contribution in [-0.2, 0) is 4.74 Å². The summed E-state index contributed by atoms with van der Waals surface area (Å²) in [6.45, 7) is 10.6. The fourth-order valence-electron chi connectivity index (χ4n) is 3.43. The molecule has 2 heterocycles. The van der Waals surface area contributed by atoms with Crippen molar-refractivity contribution in [1.82, 2.24) is 25.5 Å². The molecular formula is C26H33N5O3. The lowest BCUT2D eigenvalue weighted by atomic mass is 10.0. The molecule has 8 heteroatoms. The average molecular weight is 464 g/mol. The van der Waals surface area contributed by atoms with Crippen molar-refractivity contribution in [2.24, 2.45) is 0 Å². The number of benzene rings is 1. The smallest absolute Gasteiger partial charge is 0.407 e. The van der Waals surface area contributed by atoms with Crippen molar-refractivity contribution in [2.45, 2.75) is 33.3 Å². The molecule has 8 nitrogen and oxygen atoms in total. The normalized spacial score (nSPS) is 11.4. The second-order valence-electron chi connectivity index (χ2n) is 8.96. The number of ether oxygens (including phenoxy) is 1. The van der Waals surface area contributed by atoms with E-state index in [1.165, 1.54) is 0 Å². The van der Waals surface area contributed by atoms with Gasteiger partial charge in [-0.1, -0.05) is 25.1 Å². The van der Waals surface area contributed by atoms with Crippen LogP contribution in [-0.4, -0.2) is 65.2 Å². The highest BCUT2D eigenvalue weighted by Crippen LogP contribution is 2.23. The number of carbonyl (C=O) groups excluding carboxylic acids is 2. The maximum atomic E-state index is 12.5. The average Bonchev–Trinajstić information content (AvgIpc) is 2.81. The number of nitrogens with one attached hydrogen (secondary N) is 2. The van der Waals surface area contributed by atoms with Gasteiger partial charge in [0, 0.05) is 49.5 Å². The Morgan fingerprint density at radius 3 is 2.38 bits per heavy atom. The van der Waals surface area contributed by atoms with E-state index in [9.17, 15) is 9.59 Å². The second kappa shape index (κ2) is 11.6. The number of likely N-dealkylation sites (N-methyl/N-ethyl adjacent to an activating group) is 1. The van der Waals surface area contributed by atoms with E-state index in [2.05, 4.69) is 31.6 Å². The summed E-state index contributed by atoms with van der Waals surface area (Å²) in [7, 11) is 0. The van der Waals surface area contributed by atoms with Crippen LogP contribution < -0.4 is 10.6 Å². The van der Waals surface area contributed by atoms with Crippen LogP contribution in [0.2, 0.25) is 0 Å². The van der Waals surface area contributed by atoms with Gasteiger partial charge < -0.3 is 20.3 Å². The van der Waals surface area contributed by atoms with Gasteiger partial charge in [-0.3, -0.25) is 14.8 Å². The van der Waals surface area contributed by atoms with Gasteiger partial charge in [-0.25, -0.2) is 4.79 Å². The number of carbonyl (C=O) groups is 2. The van der Waals surface area contributed by atoms with Gasteiger partial charge in [0.2, 0.25) is 0 Å². The van der Waals surface area contributed by atoms with Crippen LogP contribution in [0.5, 0.6) is 0 Å². The van der Waals surface area contributed by atoms with Gasteiger partial charge in [-0.15, -0.1) is 0 Å². The van der Waals surface area contributed by atoms with Crippen molar-refractivity contribution in [3.63, 3.8) is 0 Å². The van der Waals surface area contributed by atoms with Gasteiger partial charge >= 0.3 is 6.09 Å². The molecule has 0 radical (unpaired) electrons. The van der Waals surface area contributed by atoms with Crippen LogP contribution >= 0.6 is 0 Å². The Balaban J connectivity index is 1.45. The third-order valence-electron chi connectivity index (χ3n) is 5.19. The summed E-state index contributed by atoms with van der Waals surface area (Å²) >= 11 is 0. The van der Waals surface area contributed by atoms with E-state index < -0.39 is 11.7 Å². The van der Waals surface area contributed by atoms with E-state index in [-0.39, 0.29) is 5.91 Å². The molecule has 2 aromatic heterocycles. The summed E-state index contributed by atoms with van der Waals surface area (Å²) in [5.41, 5.74) is 2.77. The van der Waals surface area contributed by atoms with E-state index in [0.717, 1.165) is 28.6 Å². The van der Waals surface area contributed by atoms with Crippen LogP contribution in [0.4, 0.5) is 4.79 Å². The van der Waals surface area contributed by atoms with Gasteiger partial charge in [-0.05, 0) is 57.1 Å². The fraction of sp³-hybridized carbons (Fsp3) is 0.385. The summed E-state index contributed by atoms with van der Waals surface area (Å²) < 4.78 is 5.23. The third-order valence-corrected chi connectivity index (χ3v) is 5.19.